The molecule has 0 amide bonds. The topological polar surface area (TPSA) is 84.9 Å². The molecule has 33 heavy (non-hydrogen) atoms. The Labute approximate surface area is 192 Å². The maximum absolute atomic E-state index is 14.1. The molecule has 176 valence electrons. The zero-order valence-corrected chi connectivity index (χ0v) is 19.0. The first-order valence-corrected chi connectivity index (χ1v) is 10.7. The minimum atomic E-state index is -4.86. The molecule has 8 heteroatoms. The second-order valence-corrected chi connectivity index (χ2v) is 9.28. The van der Waals surface area contributed by atoms with Crippen molar-refractivity contribution >= 4 is 6.08 Å². The molecule has 2 aromatic rings. The highest BCUT2D eigenvalue weighted by Gasteiger charge is 2.56. The van der Waals surface area contributed by atoms with Gasteiger partial charge in [-0.3, -0.25) is 4.98 Å². The second-order valence-electron chi connectivity index (χ2n) is 9.28. The highest BCUT2D eigenvalue weighted by Crippen LogP contribution is 2.48. The third-order valence-electron chi connectivity index (χ3n) is 6.14. The van der Waals surface area contributed by atoms with E-state index in [1.54, 1.807) is 38.5 Å². The number of hydrogen-bond donors (Lipinski definition) is 2. The van der Waals surface area contributed by atoms with E-state index in [9.17, 15) is 18.3 Å². The van der Waals surface area contributed by atoms with Crippen molar-refractivity contribution in [1.29, 1.82) is 0 Å². The quantitative estimate of drug-likeness (QED) is 0.592. The summed E-state index contributed by atoms with van der Waals surface area (Å²) in [6.07, 6.45) is 9.47. The van der Waals surface area contributed by atoms with E-state index < -0.39 is 30.0 Å². The number of aromatic nitrogens is 3. The Bertz CT molecular complexity index is 1060. The van der Waals surface area contributed by atoms with Crippen molar-refractivity contribution in [2.75, 3.05) is 0 Å². The molecule has 2 atom stereocenters. The van der Waals surface area contributed by atoms with Gasteiger partial charge in [-0.2, -0.15) is 13.2 Å². The number of hydrogen-bond acceptors (Lipinski definition) is 5. The van der Waals surface area contributed by atoms with Crippen LogP contribution in [0.25, 0.3) is 6.08 Å². The number of allylic oxidation sites excluding steroid dienone is 4. The van der Waals surface area contributed by atoms with E-state index in [0.717, 1.165) is 16.7 Å². The third-order valence-corrected chi connectivity index (χ3v) is 6.14. The standard InChI is InChI=1S/C25H29F3N4O/c1-17-7-8-30-12-19(17)10-22(29)11-24(33,25(26,27)28)15-23(2,3)21-6-4-5-18(9-21)20-13-31-16-32-14-20/h4-8,10,12-14,16,18,33H,9,11,15,29H2,1-3H3/b22-10-. The first-order valence-electron chi connectivity index (χ1n) is 10.7. The first-order chi connectivity index (χ1) is 15.4. The lowest BCUT2D eigenvalue weighted by molar-refractivity contribution is -0.268. The predicted molar refractivity (Wildman–Crippen MR) is 122 cm³/mol. The molecule has 2 aromatic heterocycles. The van der Waals surface area contributed by atoms with Crippen molar-refractivity contribution in [3.63, 3.8) is 0 Å². The number of aliphatic hydroxyl groups is 1. The van der Waals surface area contributed by atoms with E-state index in [1.165, 1.54) is 18.6 Å². The van der Waals surface area contributed by atoms with Crippen LogP contribution in [0.5, 0.6) is 0 Å². The summed E-state index contributed by atoms with van der Waals surface area (Å²) in [7, 11) is 0. The number of halogens is 3. The Morgan fingerprint density at radius 2 is 1.88 bits per heavy atom. The number of nitrogens with zero attached hydrogens (tertiary/aromatic N) is 3. The van der Waals surface area contributed by atoms with E-state index in [1.807, 2.05) is 25.2 Å². The van der Waals surface area contributed by atoms with Gasteiger partial charge in [0, 0.05) is 42.8 Å². The summed E-state index contributed by atoms with van der Waals surface area (Å²) in [6, 6.07) is 1.75. The molecule has 2 heterocycles. The van der Waals surface area contributed by atoms with Crippen molar-refractivity contribution in [2.45, 2.75) is 57.7 Å². The lowest BCUT2D eigenvalue weighted by atomic mass is 9.69. The highest BCUT2D eigenvalue weighted by atomic mass is 19.4. The average molecular weight is 459 g/mol. The van der Waals surface area contributed by atoms with E-state index in [2.05, 4.69) is 15.0 Å². The van der Waals surface area contributed by atoms with Crippen molar-refractivity contribution in [3.8, 4) is 0 Å². The second kappa shape index (κ2) is 9.47. The van der Waals surface area contributed by atoms with Gasteiger partial charge in [0.25, 0.3) is 0 Å². The van der Waals surface area contributed by atoms with E-state index in [4.69, 9.17) is 5.73 Å². The summed E-state index contributed by atoms with van der Waals surface area (Å²) < 4.78 is 42.4. The zero-order chi connectivity index (χ0) is 24.3. The summed E-state index contributed by atoms with van der Waals surface area (Å²) in [5, 5.41) is 10.9. The summed E-state index contributed by atoms with van der Waals surface area (Å²) >= 11 is 0. The normalized spacial score (nSPS) is 19.2. The van der Waals surface area contributed by atoms with E-state index >= 15 is 0 Å². The van der Waals surface area contributed by atoms with Gasteiger partial charge in [0.05, 0.1) is 0 Å². The minimum Gasteiger partial charge on any atom is -0.402 e. The Balaban J connectivity index is 1.83. The van der Waals surface area contributed by atoms with Crippen LogP contribution in [-0.2, 0) is 0 Å². The molecule has 2 unspecified atom stereocenters. The molecule has 0 fully saturated rings. The Hall–Kier alpha value is -3.00. The fraction of sp³-hybridized carbons (Fsp3) is 0.400. The molecule has 0 radical (unpaired) electrons. The van der Waals surface area contributed by atoms with Gasteiger partial charge in [0.15, 0.2) is 5.60 Å². The smallest absolute Gasteiger partial charge is 0.402 e. The van der Waals surface area contributed by atoms with Crippen molar-refractivity contribution < 1.29 is 18.3 Å². The maximum Gasteiger partial charge on any atom is 0.417 e. The molecule has 5 nitrogen and oxygen atoms in total. The van der Waals surface area contributed by atoms with Gasteiger partial charge in [-0.15, -0.1) is 0 Å². The molecule has 1 aliphatic rings. The molecule has 0 saturated carbocycles. The summed E-state index contributed by atoms with van der Waals surface area (Å²) in [5.74, 6) is -0.0389. The van der Waals surface area contributed by atoms with Gasteiger partial charge in [0.2, 0.25) is 0 Å². The summed E-state index contributed by atoms with van der Waals surface area (Å²) in [5.41, 5.74) is 5.16. The van der Waals surface area contributed by atoms with Gasteiger partial charge in [-0.25, -0.2) is 9.97 Å². The largest absolute Gasteiger partial charge is 0.417 e. The lowest BCUT2D eigenvalue weighted by Gasteiger charge is -2.40. The molecule has 0 bridgehead atoms. The number of rotatable bonds is 7. The van der Waals surface area contributed by atoms with Gasteiger partial charge in [0.1, 0.15) is 6.33 Å². The van der Waals surface area contributed by atoms with Gasteiger partial charge < -0.3 is 10.8 Å². The monoisotopic (exact) mass is 458 g/mol. The number of pyridine rings is 1. The Kier molecular flexibility index (Phi) is 7.07. The minimum absolute atomic E-state index is 0.0389. The van der Waals surface area contributed by atoms with Crippen LogP contribution in [0.3, 0.4) is 0 Å². The van der Waals surface area contributed by atoms with Crippen molar-refractivity contribution in [1.82, 2.24) is 15.0 Å². The molecule has 3 N–H and O–H groups in total. The lowest BCUT2D eigenvalue weighted by Crippen LogP contribution is -2.49. The average Bonchev–Trinajstić information content (AvgIpc) is 2.75. The molecule has 3 rings (SSSR count). The zero-order valence-electron chi connectivity index (χ0n) is 19.0. The molecule has 0 aromatic carbocycles. The molecule has 0 aliphatic heterocycles. The number of alkyl halides is 3. The van der Waals surface area contributed by atoms with Gasteiger partial charge in [-0.05, 0) is 54.0 Å². The Morgan fingerprint density at radius 3 is 2.52 bits per heavy atom. The fourth-order valence-corrected chi connectivity index (χ4v) is 4.24. The van der Waals surface area contributed by atoms with Crippen molar-refractivity contribution in [2.24, 2.45) is 11.1 Å². The SMILES string of the molecule is Cc1ccncc1/C=C(\N)CC(O)(CC(C)(C)C1=CC=CC(c2cncnc2)C1)C(F)(F)F. The summed E-state index contributed by atoms with van der Waals surface area (Å²) in [6.45, 7) is 5.26. The molecule has 0 spiro atoms. The maximum atomic E-state index is 14.1. The fourth-order valence-electron chi connectivity index (χ4n) is 4.24. The van der Waals surface area contributed by atoms with Crippen molar-refractivity contribution in [3.05, 3.63) is 83.4 Å². The van der Waals surface area contributed by atoms with E-state index in [-0.39, 0.29) is 11.6 Å². The predicted octanol–water partition coefficient (Wildman–Crippen LogP) is 5.25. The van der Waals surface area contributed by atoms with Crippen LogP contribution in [0.2, 0.25) is 0 Å². The first kappa shape index (κ1) is 24.6. The molecular formula is C25H29F3N4O. The number of nitrogens with two attached hydrogens (primary N) is 1. The van der Waals surface area contributed by atoms with Crippen LogP contribution < -0.4 is 5.73 Å². The van der Waals surface area contributed by atoms with Crippen LogP contribution in [0.4, 0.5) is 13.2 Å². The van der Waals surface area contributed by atoms with Crippen LogP contribution in [-0.4, -0.2) is 31.8 Å². The molecule has 1 aliphatic carbocycles. The van der Waals surface area contributed by atoms with E-state index in [0.29, 0.717) is 12.0 Å². The van der Waals surface area contributed by atoms with Gasteiger partial charge >= 0.3 is 6.18 Å². The van der Waals surface area contributed by atoms with Crippen LogP contribution in [0, 0.1) is 12.3 Å². The molecule has 0 saturated heterocycles. The summed E-state index contributed by atoms with van der Waals surface area (Å²) in [4.78, 5) is 12.1. The highest BCUT2D eigenvalue weighted by molar-refractivity contribution is 5.54. The van der Waals surface area contributed by atoms with Crippen LogP contribution >= 0.6 is 0 Å². The Morgan fingerprint density at radius 1 is 1.18 bits per heavy atom. The van der Waals surface area contributed by atoms with Crippen LogP contribution in [0.15, 0.2) is 66.7 Å². The molecular weight excluding hydrogens is 429 g/mol. The van der Waals surface area contributed by atoms with Gasteiger partial charge in [-0.1, -0.05) is 37.6 Å². The van der Waals surface area contributed by atoms with Crippen LogP contribution in [0.1, 0.15) is 55.7 Å². The third kappa shape index (κ3) is 5.87. The number of aryl methyl sites for hydroxylation is 1.